The zero-order valence-electron chi connectivity index (χ0n) is 17.7. The summed E-state index contributed by atoms with van der Waals surface area (Å²) in [5.74, 6) is 0.858. The monoisotopic (exact) mass is 418 g/mol. The van der Waals surface area contributed by atoms with E-state index in [4.69, 9.17) is 0 Å². The lowest BCUT2D eigenvalue weighted by Gasteiger charge is -2.36. The van der Waals surface area contributed by atoms with E-state index in [0.717, 1.165) is 43.2 Å². The van der Waals surface area contributed by atoms with Crippen molar-refractivity contribution in [2.45, 2.75) is 24.5 Å². The van der Waals surface area contributed by atoms with Crippen molar-refractivity contribution in [3.05, 3.63) is 64.8 Å². The molecule has 0 saturated carbocycles. The molecule has 0 N–H and O–H groups in total. The van der Waals surface area contributed by atoms with Gasteiger partial charge in [-0.25, -0.2) is 0 Å². The van der Waals surface area contributed by atoms with Crippen molar-refractivity contribution < 1.29 is 4.79 Å². The third-order valence-corrected chi connectivity index (χ3v) is 7.22. The van der Waals surface area contributed by atoms with E-state index in [-0.39, 0.29) is 5.91 Å². The second-order valence-electron chi connectivity index (χ2n) is 8.15. The predicted octanol–water partition coefficient (Wildman–Crippen LogP) is 4.27. The first-order valence-electron chi connectivity index (χ1n) is 10.4. The van der Waals surface area contributed by atoms with Crippen LogP contribution in [-0.4, -0.2) is 46.8 Å². The third kappa shape index (κ3) is 3.19. The molecular weight excluding hydrogens is 392 g/mol. The summed E-state index contributed by atoms with van der Waals surface area (Å²) in [5.41, 5.74) is 7.81. The minimum Gasteiger partial charge on any atom is -0.368 e. The van der Waals surface area contributed by atoms with Gasteiger partial charge in [-0.3, -0.25) is 9.48 Å². The Hall–Kier alpha value is -2.73. The molecule has 6 heteroatoms. The Labute approximate surface area is 181 Å². The molecule has 3 heterocycles. The molecule has 1 aromatic heterocycles. The molecule has 154 valence electrons. The molecule has 2 aromatic carbocycles. The average Bonchev–Trinajstić information content (AvgIpc) is 3.10. The SMILES string of the molecule is Cc1ccc(N2CCN(C(=O)c3nn(C)c4c3CSc3ccccc3-4)CC2)c(C)c1. The molecule has 0 radical (unpaired) electrons. The second kappa shape index (κ2) is 7.51. The number of benzene rings is 2. The number of rotatable bonds is 2. The summed E-state index contributed by atoms with van der Waals surface area (Å²) in [4.78, 5) is 19.0. The lowest BCUT2D eigenvalue weighted by molar-refractivity contribution is 0.0739. The van der Waals surface area contributed by atoms with Crippen molar-refractivity contribution in [1.29, 1.82) is 0 Å². The minimum atomic E-state index is 0.0621. The van der Waals surface area contributed by atoms with Gasteiger partial charge in [0.1, 0.15) is 0 Å². The van der Waals surface area contributed by atoms with Gasteiger partial charge in [0, 0.05) is 60.7 Å². The van der Waals surface area contributed by atoms with E-state index in [1.807, 2.05) is 16.6 Å². The van der Waals surface area contributed by atoms with Crippen LogP contribution < -0.4 is 4.90 Å². The summed E-state index contributed by atoms with van der Waals surface area (Å²) in [6.45, 7) is 7.43. The van der Waals surface area contributed by atoms with Gasteiger partial charge in [-0.15, -0.1) is 11.8 Å². The summed E-state index contributed by atoms with van der Waals surface area (Å²) >= 11 is 1.79. The van der Waals surface area contributed by atoms with Gasteiger partial charge in [0.2, 0.25) is 0 Å². The maximum atomic E-state index is 13.4. The lowest BCUT2D eigenvalue weighted by atomic mass is 10.1. The number of aromatic nitrogens is 2. The van der Waals surface area contributed by atoms with Crippen molar-refractivity contribution in [3.63, 3.8) is 0 Å². The van der Waals surface area contributed by atoms with Crippen LogP contribution in [0.5, 0.6) is 0 Å². The topological polar surface area (TPSA) is 41.4 Å². The van der Waals surface area contributed by atoms with Crippen LogP contribution in [0.25, 0.3) is 11.3 Å². The summed E-state index contributed by atoms with van der Waals surface area (Å²) in [5, 5.41) is 4.67. The summed E-state index contributed by atoms with van der Waals surface area (Å²) in [6, 6.07) is 15.0. The molecule has 0 bridgehead atoms. The Morgan fingerprint density at radius 1 is 1.03 bits per heavy atom. The molecule has 1 saturated heterocycles. The molecular formula is C24H26N4OS. The smallest absolute Gasteiger partial charge is 0.274 e. The number of carbonyl (C=O) groups excluding carboxylic acids is 1. The number of hydrogen-bond donors (Lipinski definition) is 0. The Kier molecular flexibility index (Phi) is 4.82. The van der Waals surface area contributed by atoms with Crippen LogP contribution in [0, 0.1) is 13.8 Å². The number of amides is 1. The van der Waals surface area contributed by atoms with Gasteiger partial charge in [-0.1, -0.05) is 35.9 Å². The van der Waals surface area contributed by atoms with Crippen LogP contribution in [0.3, 0.4) is 0 Å². The largest absolute Gasteiger partial charge is 0.368 e. The molecule has 1 amide bonds. The lowest BCUT2D eigenvalue weighted by Crippen LogP contribution is -2.49. The Morgan fingerprint density at radius 3 is 2.57 bits per heavy atom. The fraction of sp³-hybridized carbons (Fsp3) is 0.333. The highest BCUT2D eigenvalue weighted by Gasteiger charge is 2.31. The van der Waals surface area contributed by atoms with E-state index in [0.29, 0.717) is 5.69 Å². The molecule has 1 fully saturated rings. The van der Waals surface area contributed by atoms with Gasteiger partial charge < -0.3 is 9.80 Å². The zero-order valence-corrected chi connectivity index (χ0v) is 18.5. The molecule has 30 heavy (non-hydrogen) atoms. The van der Waals surface area contributed by atoms with E-state index in [1.165, 1.54) is 27.3 Å². The number of carbonyl (C=O) groups is 1. The average molecular weight is 419 g/mol. The Balaban J connectivity index is 1.36. The number of nitrogens with zero attached hydrogens (tertiary/aromatic N) is 4. The van der Waals surface area contributed by atoms with Gasteiger partial charge in [0.05, 0.1) is 5.69 Å². The first kappa shape index (κ1) is 19.2. The van der Waals surface area contributed by atoms with Crippen LogP contribution in [0.4, 0.5) is 5.69 Å². The van der Waals surface area contributed by atoms with Crippen molar-refractivity contribution >= 4 is 23.4 Å². The Bertz CT molecular complexity index is 1130. The first-order chi connectivity index (χ1) is 14.5. The van der Waals surface area contributed by atoms with Crippen molar-refractivity contribution in [2.75, 3.05) is 31.1 Å². The quantitative estimate of drug-likeness (QED) is 0.623. The molecule has 3 aromatic rings. The molecule has 0 spiro atoms. The van der Waals surface area contributed by atoms with E-state index in [2.05, 4.69) is 66.3 Å². The summed E-state index contributed by atoms with van der Waals surface area (Å²) in [7, 11) is 1.94. The van der Waals surface area contributed by atoms with E-state index < -0.39 is 0 Å². The van der Waals surface area contributed by atoms with E-state index in [1.54, 1.807) is 11.8 Å². The van der Waals surface area contributed by atoms with Gasteiger partial charge in [-0.2, -0.15) is 5.10 Å². The molecule has 0 unspecified atom stereocenters. The van der Waals surface area contributed by atoms with Crippen molar-refractivity contribution in [1.82, 2.24) is 14.7 Å². The number of hydrogen-bond acceptors (Lipinski definition) is 4. The number of fused-ring (bicyclic) bond motifs is 3. The van der Waals surface area contributed by atoms with E-state index in [9.17, 15) is 4.79 Å². The highest BCUT2D eigenvalue weighted by Crippen LogP contribution is 2.42. The molecule has 5 rings (SSSR count). The van der Waals surface area contributed by atoms with Crippen molar-refractivity contribution in [2.24, 2.45) is 7.05 Å². The normalized spacial score (nSPS) is 15.7. The molecule has 2 aliphatic heterocycles. The number of anilines is 1. The number of aryl methyl sites for hydroxylation is 3. The molecule has 5 nitrogen and oxygen atoms in total. The zero-order chi connectivity index (χ0) is 20.8. The number of thioether (sulfide) groups is 1. The number of piperazine rings is 1. The van der Waals surface area contributed by atoms with Crippen LogP contribution >= 0.6 is 11.8 Å². The molecule has 0 atom stereocenters. The van der Waals surface area contributed by atoms with Gasteiger partial charge in [0.15, 0.2) is 5.69 Å². The van der Waals surface area contributed by atoms with E-state index >= 15 is 0 Å². The fourth-order valence-electron chi connectivity index (χ4n) is 4.61. The predicted molar refractivity (Wildman–Crippen MR) is 122 cm³/mol. The third-order valence-electron chi connectivity index (χ3n) is 6.12. The summed E-state index contributed by atoms with van der Waals surface area (Å²) < 4.78 is 1.88. The maximum absolute atomic E-state index is 13.4. The van der Waals surface area contributed by atoms with Crippen LogP contribution in [-0.2, 0) is 12.8 Å². The minimum absolute atomic E-state index is 0.0621. The second-order valence-corrected chi connectivity index (χ2v) is 9.17. The Morgan fingerprint density at radius 2 is 1.80 bits per heavy atom. The van der Waals surface area contributed by atoms with Gasteiger partial charge >= 0.3 is 0 Å². The molecule has 2 aliphatic rings. The molecule has 0 aliphatic carbocycles. The first-order valence-corrected chi connectivity index (χ1v) is 11.4. The highest BCUT2D eigenvalue weighted by atomic mass is 32.2. The summed E-state index contributed by atoms with van der Waals surface area (Å²) in [6.07, 6.45) is 0. The standard InChI is InChI=1S/C24H26N4OS/c1-16-8-9-20(17(2)14-16)27-10-12-28(13-11-27)24(29)22-19-15-30-21-7-5-4-6-18(21)23(19)26(3)25-22/h4-9,14H,10-13,15H2,1-3H3. The van der Waals surface area contributed by atoms with Gasteiger partial charge in [-0.05, 0) is 31.5 Å². The van der Waals surface area contributed by atoms with Crippen LogP contribution in [0.1, 0.15) is 27.2 Å². The van der Waals surface area contributed by atoms with Crippen LogP contribution in [0.15, 0.2) is 47.4 Å². The van der Waals surface area contributed by atoms with Crippen molar-refractivity contribution in [3.8, 4) is 11.3 Å². The van der Waals surface area contributed by atoms with Crippen LogP contribution in [0.2, 0.25) is 0 Å². The van der Waals surface area contributed by atoms with Gasteiger partial charge in [0.25, 0.3) is 5.91 Å². The fourth-order valence-corrected chi connectivity index (χ4v) is 5.68. The highest BCUT2D eigenvalue weighted by molar-refractivity contribution is 7.98. The maximum Gasteiger partial charge on any atom is 0.274 e.